The second kappa shape index (κ2) is 8.35. The van der Waals surface area contributed by atoms with Gasteiger partial charge in [0.15, 0.2) is 0 Å². The Morgan fingerprint density at radius 2 is 2.10 bits per heavy atom. The first-order chi connectivity index (χ1) is 9.90. The Morgan fingerprint density at radius 1 is 1.38 bits per heavy atom. The minimum absolute atomic E-state index is 0.0410. The molecular formula is C12H17FN2O4S2. The first-order valence-electron chi connectivity index (χ1n) is 6.05. The number of hydrogen-bond donors (Lipinski definition) is 2. The fourth-order valence-electron chi connectivity index (χ4n) is 1.54. The van der Waals surface area contributed by atoms with Crippen molar-refractivity contribution in [3.8, 4) is 0 Å². The lowest BCUT2D eigenvalue weighted by Gasteiger charge is -2.11. The van der Waals surface area contributed by atoms with Gasteiger partial charge in [-0.15, -0.1) is 0 Å². The molecule has 0 saturated heterocycles. The molecule has 0 amide bonds. The van der Waals surface area contributed by atoms with Crippen LogP contribution in [0.5, 0.6) is 0 Å². The molecule has 1 aromatic rings. The van der Waals surface area contributed by atoms with Crippen molar-refractivity contribution in [2.75, 3.05) is 33.5 Å². The lowest BCUT2D eigenvalue weighted by Crippen LogP contribution is -2.30. The first kappa shape index (κ1) is 17.9. The van der Waals surface area contributed by atoms with Crippen LogP contribution in [0.15, 0.2) is 23.1 Å². The summed E-state index contributed by atoms with van der Waals surface area (Å²) in [5, 5.41) is 0. The molecule has 0 radical (unpaired) electrons. The van der Waals surface area contributed by atoms with Gasteiger partial charge < -0.3 is 15.2 Å². The van der Waals surface area contributed by atoms with Gasteiger partial charge in [0.1, 0.15) is 10.8 Å². The number of thiocarbonyl (C=S) groups is 1. The second-order valence-corrected chi connectivity index (χ2v) is 6.16. The van der Waals surface area contributed by atoms with Gasteiger partial charge in [0.2, 0.25) is 10.0 Å². The van der Waals surface area contributed by atoms with E-state index in [9.17, 15) is 12.8 Å². The van der Waals surface area contributed by atoms with Crippen molar-refractivity contribution in [3.63, 3.8) is 0 Å². The number of nitrogens with two attached hydrogens (primary N) is 1. The molecule has 1 aromatic carbocycles. The van der Waals surface area contributed by atoms with E-state index in [2.05, 4.69) is 4.72 Å². The van der Waals surface area contributed by atoms with E-state index < -0.39 is 15.8 Å². The van der Waals surface area contributed by atoms with Crippen molar-refractivity contribution >= 4 is 27.2 Å². The van der Waals surface area contributed by atoms with Crippen LogP contribution in [0.2, 0.25) is 0 Å². The van der Waals surface area contributed by atoms with Gasteiger partial charge in [-0.05, 0) is 12.1 Å². The molecule has 0 heterocycles. The molecule has 1 rings (SSSR count). The third-order valence-corrected chi connectivity index (χ3v) is 4.19. The zero-order valence-corrected chi connectivity index (χ0v) is 13.1. The molecule has 0 bridgehead atoms. The van der Waals surface area contributed by atoms with Crippen molar-refractivity contribution < 1.29 is 22.3 Å². The molecule has 0 fully saturated rings. The average Bonchev–Trinajstić information content (AvgIpc) is 2.42. The Balaban J connectivity index is 2.75. The predicted molar refractivity (Wildman–Crippen MR) is 80.2 cm³/mol. The van der Waals surface area contributed by atoms with Crippen molar-refractivity contribution in [2.45, 2.75) is 4.90 Å². The third kappa shape index (κ3) is 5.29. The minimum atomic E-state index is -3.92. The highest BCUT2D eigenvalue weighted by Crippen LogP contribution is 2.18. The molecule has 3 N–H and O–H groups in total. The van der Waals surface area contributed by atoms with Gasteiger partial charge in [0, 0.05) is 13.7 Å². The minimum Gasteiger partial charge on any atom is -0.389 e. The maximum atomic E-state index is 13.7. The molecule has 0 aromatic heterocycles. The molecule has 118 valence electrons. The molecule has 0 unspecified atom stereocenters. The van der Waals surface area contributed by atoms with E-state index in [0.717, 1.165) is 6.07 Å². The molecule has 0 aliphatic rings. The zero-order valence-electron chi connectivity index (χ0n) is 11.5. The van der Waals surface area contributed by atoms with Crippen LogP contribution in [0.4, 0.5) is 4.39 Å². The summed E-state index contributed by atoms with van der Waals surface area (Å²) in [5.74, 6) is -0.776. The summed E-state index contributed by atoms with van der Waals surface area (Å²) in [6, 6.07) is 3.62. The van der Waals surface area contributed by atoms with Gasteiger partial charge in [-0.2, -0.15) is 0 Å². The average molecular weight is 336 g/mol. The number of hydrogen-bond acceptors (Lipinski definition) is 5. The van der Waals surface area contributed by atoms with Gasteiger partial charge in [-0.1, -0.05) is 18.3 Å². The van der Waals surface area contributed by atoms with Gasteiger partial charge >= 0.3 is 0 Å². The van der Waals surface area contributed by atoms with E-state index in [-0.39, 0.29) is 28.6 Å². The Kier molecular flexibility index (Phi) is 7.12. The number of methoxy groups -OCH3 is 1. The second-order valence-electron chi connectivity index (χ2n) is 3.98. The quantitative estimate of drug-likeness (QED) is 0.501. The zero-order chi connectivity index (χ0) is 15.9. The van der Waals surface area contributed by atoms with E-state index in [1.165, 1.54) is 19.2 Å². The van der Waals surface area contributed by atoms with Crippen LogP contribution >= 0.6 is 12.2 Å². The van der Waals surface area contributed by atoms with Gasteiger partial charge in [0.25, 0.3) is 0 Å². The van der Waals surface area contributed by atoms with Crippen LogP contribution in [-0.4, -0.2) is 46.9 Å². The largest absolute Gasteiger partial charge is 0.389 e. The summed E-state index contributed by atoms with van der Waals surface area (Å²) in [6.45, 7) is 0.984. The summed E-state index contributed by atoms with van der Waals surface area (Å²) in [7, 11) is -2.38. The van der Waals surface area contributed by atoms with Crippen molar-refractivity contribution in [3.05, 3.63) is 29.6 Å². The number of sulfonamides is 1. The topological polar surface area (TPSA) is 90.6 Å². The standard InChI is InChI=1S/C12H17FN2O4S2/c1-18-7-8-19-6-5-15-21(16,17)10-4-2-3-9(13)11(10)12(14)20/h2-4,15H,5-8H2,1H3,(H2,14,20). The number of ether oxygens (including phenoxy) is 2. The molecule has 0 spiro atoms. The van der Waals surface area contributed by atoms with Crippen molar-refractivity contribution in [2.24, 2.45) is 5.73 Å². The van der Waals surface area contributed by atoms with E-state index in [4.69, 9.17) is 27.4 Å². The highest BCUT2D eigenvalue weighted by molar-refractivity contribution is 7.89. The molecule has 0 saturated carbocycles. The van der Waals surface area contributed by atoms with E-state index >= 15 is 0 Å². The van der Waals surface area contributed by atoms with Crippen molar-refractivity contribution in [1.29, 1.82) is 0 Å². The Bertz CT molecular complexity index is 593. The highest BCUT2D eigenvalue weighted by Gasteiger charge is 2.22. The lowest BCUT2D eigenvalue weighted by atomic mass is 10.2. The van der Waals surface area contributed by atoms with Crippen LogP contribution < -0.4 is 10.5 Å². The number of nitrogens with one attached hydrogen (secondary N) is 1. The van der Waals surface area contributed by atoms with Gasteiger partial charge in [-0.3, -0.25) is 0 Å². The fourth-order valence-corrected chi connectivity index (χ4v) is 3.05. The summed E-state index contributed by atoms with van der Waals surface area (Å²) in [4.78, 5) is -0.600. The first-order valence-corrected chi connectivity index (χ1v) is 7.94. The molecule has 0 atom stereocenters. The summed E-state index contributed by atoms with van der Waals surface area (Å²) >= 11 is 4.70. The predicted octanol–water partition coefficient (Wildman–Crippen LogP) is 0.401. The Morgan fingerprint density at radius 3 is 2.71 bits per heavy atom. The molecular weight excluding hydrogens is 319 g/mol. The Labute approximate surface area is 128 Å². The van der Waals surface area contributed by atoms with Crippen LogP contribution in [0.25, 0.3) is 0 Å². The third-order valence-electron chi connectivity index (χ3n) is 2.48. The highest BCUT2D eigenvalue weighted by atomic mass is 32.2. The molecule has 0 aliphatic heterocycles. The lowest BCUT2D eigenvalue weighted by molar-refractivity contribution is 0.0736. The SMILES string of the molecule is COCCOCCNS(=O)(=O)c1cccc(F)c1C(N)=S. The van der Waals surface area contributed by atoms with E-state index in [1.807, 2.05) is 0 Å². The maximum Gasteiger partial charge on any atom is 0.241 e. The maximum absolute atomic E-state index is 13.7. The van der Waals surface area contributed by atoms with Gasteiger partial charge in [-0.25, -0.2) is 17.5 Å². The monoisotopic (exact) mass is 336 g/mol. The van der Waals surface area contributed by atoms with Crippen LogP contribution in [0.1, 0.15) is 5.56 Å². The Hall–Kier alpha value is -1.13. The number of benzene rings is 1. The normalized spacial score (nSPS) is 11.5. The molecule has 6 nitrogen and oxygen atoms in total. The molecule has 0 aliphatic carbocycles. The van der Waals surface area contributed by atoms with E-state index in [0.29, 0.717) is 13.2 Å². The fraction of sp³-hybridized carbons (Fsp3) is 0.417. The van der Waals surface area contributed by atoms with Crippen LogP contribution in [-0.2, 0) is 19.5 Å². The van der Waals surface area contributed by atoms with Crippen LogP contribution in [0.3, 0.4) is 0 Å². The van der Waals surface area contributed by atoms with Gasteiger partial charge in [0.05, 0.1) is 30.3 Å². The summed E-state index contributed by atoms with van der Waals surface area (Å²) in [5.41, 5.74) is 5.09. The summed E-state index contributed by atoms with van der Waals surface area (Å²) < 4.78 is 50.1. The molecule has 21 heavy (non-hydrogen) atoms. The number of halogens is 1. The summed E-state index contributed by atoms with van der Waals surface area (Å²) in [6.07, 6.45) is 0. The van der Waals surface area contributed by atoms with Crippen molar-refractivity contribution in [1.82, 2.24) is 4.72 Å². The smallest absolute Gasteiger partial charge is 0.241 e. The molecule has 9 heteroatoms. The number of rotatable bonds is 9. The van der Waals surface area contributed by atoms with E-state index in [1.54, 1.807) is 0 Å². The van der Waals surface area contributed by atoms with Crippen LogP contribution in [0, 0.1) is 5.82 Å².